The van der Waals surface area contributed by atoms with E-state index in [4.69, 9.17) is 4.74 Å². The van der Waals surface area contributed by atoms with E-state index >= 15 is 0 Å². The van der Waals surface area contributed by atoms with Crippen LogP contribution < -0.4 is 14.4 Å². The molecule has 124 valence electrons. The molecule has 0 unspecified atom stereocenters. The van der Waals surface area contributed by atoms with Crippen LogP contribution in [0.4, 0.5) is 5.69 Å². The van der Waals surface area contributed by atoms with Crippen molar-refractivity contribution in [3.63, 3.8) is 0 Å². The largest absolute Gasteiger partial charge is 0.492 e. The highest BCUT2D eigenvalue weighted by molar-refractivity contribution is 7.92. The highest BCUT2D eigenvalue weighted by Gasteiger charge is 2.24. The first-order valence-corrected chi connectivity index (χ1v) is 9.13. The van der Waals surface area contributed by atoms with E-state index in [1.165, 1.54) is 0 Å². The molecular weight excluding hydrogens is 304 g/mol. The van der Waals surface area contributed by atoms with Crippen molar-refractivity contribution < 1.29 is 17.9 Å². The summed E-state index contributed by atoms with van der Waals surface area (Å²) in [5, 5.41) is 2.77. The van der Waals surface area contributed by atoms with Gasteiger partial charge in [0.05, 0.1) is 18.6 Å². The minimum absolute atomic E-state index is 0.00366. The molecule has 0 aromatic heterocycles. The van der Waals surface area contributed by atoms with Crippen LogP contribution in [0.15, 0.2) is 24.3 Å². The van der Waals surface area contributed by atoms with Crippen molar-refractivity contribution >= 4 is 21.6 Å². The second-order valence-corrected chi connectivity index (χ2v) is 6.95. The number of amides is 1. The van der Waals surface area contributed by atoms with Crippen LogP contribution in [0.2, 0.25) is 0 Å². The molecule has 0 aliphatic carbocycles. The van der Waals surface area contributed by atoms with E-state index in [2.05, 4.69) is 5.32 Å². The molecule has 0 heterocycles. The minimum Gasteiger partial charge on any atom is -0.492 e. The Kier molecular flexibility index (Phi) is 6.67. The third-order valence-corrected chi connectivity index (χ3v) is 4.27. The van der Waals surface area contributed by atoms with Gasteiger partial charge in [-0.05, 0) is 32.4 Å². The molecule has 7 heteroatoms. The Balaban J connectivity index is 3.08. The van der Waals surface area contributed by atoms with Gasteiger partial charge in [-0.2, -0.15) is 0 Å². The SMILES string of the molecule is CCOc1ccccc1N(CC(=O)N[C@H](C)CC)S(C)(=O)=O. The molecular formula is C15H24N2O4S. The molecule has 0 spiro atoms. The zero-order valence-electron chi connectivity index (χ0n) is 13.5. The number of carbonyl (C=O) groups is 1. The summed E-state index contributed by atoms with van der Waals surface area (Å²) in [6, 6.07) is 6.78. The van der Waals surface area contributed by atoms with E-state index in [0.29, 0.717) is 18.0 Å². The second kappa shape index (κ2) is 8.03. The van der Waals surface area contributed by atoms with Gasteiger partial charge in [-0.25, -0.2) is 8.42 Å². The first kappa shape index (κ1) is 18.3. The van der Waals surface area contributed by atoms with E-state index in [0.717, 1.165) is 17.0 Å². The van der Waals surface area contributed by atoms with Gasteiger partial charge in [-0.1, -0.05) is 19.1 Å². The second-order valence-electron chi connectivity index (χ2n) is 5.05. The number of nitrogens with one attached hydrogen (secondary N) is 1. The molecule has 1 aromatic carbocycles. The lowest BCUT2D eigenvalue weighted by atomic mass is 10.2. The van der Waals surface area contributed by atoms with Crippen molar-refractivity contribution in [1.82, 2.24) is 5.32 Å². The summed E-state index contributed by atoms with van der Waals surface area (Å²) in [5.41, 5.74) is 0.367. The van der Waals surface area contributed by atoms with E-state index in [1.54, 1.807) is 24.3 Å². The number of ether oxygens (including phenoxy) is 1. The number of benzene rings is 1. The maximum atomic E-state index is 12.1. The highest BCUT2D eigenvalue weighted by Crippen LogP contribution is 2.29. The van der Waals surface area contributed by atoms with Gasteiger partial charge in [0, 0.05) is 6.04 Å². The van der Waals surface area contributed by atoms with Crippen LogP contribution in [0.1, 0.15) is 27.2 Å². The smallest absolute Gasteiger partial charge is 0.240 e. The average molecular weight is 328 g/mol. The third kappa shape index (κ3) is 5.22. The van der Waals surface area contributed by atoms with Crippen LogP contribution in [0, 0.1) is 0 Å². The number of hydrogen-bond acceptors (Lipinski definition) is 4. The summed E-state index contributed by atoms with van der Waals surface area (Å²) in [6.45, 7) is 5.78. The fraction of sp³-hybridized carbons (Fsp3) is 0.533. The van der Waals surface area contributed by atoms with Crippen LogP contribution in [-0.4, -0.2) is 39.8 Å². The Morgan fingerprint density at radius 3 is 2.50 bits per heavy atom. The predicted octanol–water partition coefficient (Wildman–Crippen LogP) is 1.77. The van der Waals surface area contributed by atoms with E-state index < -0.39 is 10.0 Å². The number of nitrogens with zero attached hydrogens (tertiary/aromatic N) is 1. The number of anilines is 1. The van der Waals surface area contributed by atoms with Gasteiger partial charge in [-0.3, -0.25) is 9.10 Å². The Morgan fingerprint density at radius 1 is 1.32 bits per heavy atom. The molecule has 1 N–H and O–H groups in total. The molecule has 1 atom stereocenters. The number of hydrogen-bond donors (Lipinski definition) is 1. The topological polar surface area (TPSA) is 75.7 Å². The molecule has 0 aliphatic heterocycles. The van der Waals surface area contributed by atoms with Gasteiger partial charge in [0.25, 0.3) is 0 Å². The zero-order valence-corrected chi connectivity index (χ0v) is 14.3. The standard InChI is InChI=1S/C15H24N2O4S/c1-5-12(3)16-15(18)11-17(22(4,19)20)13-9-7-8-10-14(13)21-6-2/h7-10,12H,5-6,11H2,1-4H3,(H,16,18)/t12-/m1/s1. The van der Waals surface area contributed by atoms with Gasteiger partial charge in [0.2, 0.25) is 15.9 Å². The molecule has 1 aromatic rings. The molecule has 0 bridgehead atoms. The molecule has 0 saturated heterocycles. The van der Waals surface area contributed by atoms with E-state index in [1.807, 2.05) is 20.8 Å². The van der Waals surface area contributed by atoms with Crippen molar-refractivity contribution in [2.75, 3.05) is 23.7 Å². The number of rotatable bonds is 8. The minimum atomic E-state index is -3.60. The quantitative estimate of drug-likeness (QED) is 0.789. The average Bonchev–Trinajstić information content (AvgIpc) is 2.44. The number of sulfonamides is 1. The van der Waals surface area contributed by atoms with Crippen molar-refractivity contribution in [3.05, 3.63) is 24.3 Å². The Labute approximate surface area is 132 Å². The third-order valence-electron chi connectivity index (χ3n) is 3.14. The summed E-state index contributed by atoms with van der Waals surface area (Å²) >= 11 is 0. The zero-order chi connectivity index (χ0) is 16.8. The summed E-state index contributed by atoms with van der Waals surface area (Å²) in [6.07, 6.45) is 1.85. The molecule has 0 saturated carbocycles. The van der Waals surface area contributed by atoms with Gasteiger partial charge in [0.1, 0.15) is 12.3 Å². The summed E-state index contributed by atoms with van der Waals surface area (Å²) in [7, 11) is -3.60. The van der Waals surface area contributed by atoms with Crippen LogP contribution >= 0.6 is 0 Å². The van der Waals surface area contributed by atoms with E-state index in [9.17, 15) is 13.2 Å². The van der Waals surface area contributed by atoms with Crippen LogP contribution in [-0.2, 0) is 14.8 Å². The molecule has 6 nitrogen and oxygen atoms in total. The van der Waals surface area contributed by atoms with E-state index in [-0.39, 0.29) is 18.5 Å². The lowest BCUT2D eigenvalue weighted by molar-refractivity contribution is -0.120. The molecule has 22 heavy (non-hydrogen) atoms. The van der Waals surface area contributed by atoms with Gasteiger partial charge in [0.15, 0.2) is 0 Å². The maximum absolute atomic E-state index is 12.1. The summed E-state index contributed by atoms with van der Waals surface area (Å²) in [5.74, 6) is 0.0952. The molecule has 0 aliphatic rings. The lowest BCUT2D eigenvalue weighted by Gasteiger charge is -2.24. The lowest BCUT2D eigenvalue weighted by Crippen LogP contribution is -2.43. The highest BCUT2D eigenvalue weighted by atomic mass is 32.2. The Bertz CT molecular complexity index is 601. The van der Waals surface area contributed by atoms with Crippen LogP contribution in [0.3, 0.4) is 0 Å². The van der Waals surface area contributed by atoms with Crippen molar-refractivity contribution in [2.45, 2.75) is 33.2 Å². The fourth-order valence-electron chi connectivity index (χ4n) is 1.87. The summed E-state index contributed by atoms with van der Waals surface area (Å²) < 4.78 is 30.7. The van der Waals surface area contributed by atoms with Crippen LogP contribution in [0.5, 0.6) is 5.75 Å². The monoisotopic (exact) mass is 328 g/mol. The van der Waals surface area contributed by atoms with Gasteiger partial charge >= 0.3 is 0 Å². The molecule has 0 fully saturated rings. The number of carbonyl (C=O) groups excluding carboxylic acids is 1. The number of para-hydroxylation sites is 2. The fourth-order valence-corrected chi connectivity index (χ4v) is 2.73. The van der Waals surface area contributed by atoms with Gasteiger partial charge < -0.3 is 10.1 Å². The normalized spacial score (nSPS) is 12.5. The Hall–Kier alpha value is -1.76. The molecule has 0 radical (unpaired) electrons. The van der Waals surface area contributed by atoms with Crippen molar-refractivity contribution in [3.8, 4) is 5.75 Å². The van der Waals surface area contributed by atoms with Crippen molar-refractivity contribution in [2.24, 2.45) is 0 Å². The molecule has 1 amide bonds. The first-order chi connectivity index (χ1) is 10.3. The van der Waals surface area contributed by atoms with Crippen LogP contribution in [0.25, 0.3) is 0 Å². The molecule has 1 rings (SSSR count). The van der Waals surface area contributed by atoms with Crippen molar-refractivity contribution in [1.29, 1.82) is 0 Å². The summed E-state index contributed by atoms with van der Waals surface area (Å²) in [4.78, 5) is 12.1. The predicted molar refractivity (Wildman–Crippen MR) is 87.7 cm³/mol. The first-order valence-electron chi connectivity index (χ1n) is 7.28. The Morgan fingerprint density at radius 2 is 1.95 bits per heavy atom. The van der Waals surface area contributed by atoms with Gasteiger partial charge in [-0.15, -0.1) is 0 Å². The maximum Gasteiger partial charge on any atom is 0.240 e.